The second-order valence-electron chi connectivity index (χ2n) is 5.34. The minimum Gasteiger partial charge on any atom is -0.493 e. The van der Waals surface area contributed by atoms with Crippen LogP contribution in [0.4, 0.5) is 0 Å². The topological polar surface area (TPSA) is 57.1 Å². The van der Waals surface area contributed by atoms with Crippen LogP contribution in [0.5, 0.6) is 11.5 Å². The van der Waals surface area contributed by atoms with Crippen molar-refractivity contribution in [3.63, 3.8) is 0 Å². The van der Waals surface area contributed by atoms with Gasteiger partial charge >= 0.3 is 5.97 Å². The first-order chi connectivity index (χ1) is 12.6. The summed E-state index contributed by atoms with van der Waals surface area (Å²) in [6, 6.07) is 12.7. The second-order valence-corrected chi connectivity index (χ2v) is 5.77. The average molecular weight is 370 g/mol. The van der Waals surface area contributed by atoms with Crippen LogP contribution >= 0.6 is 11.6 Å². The fourth-order valence-electron chi connectivity index (χ4n) is 2.41. The minimum atomic E-state index is -0.523. The Bertz CT molecular complexity index is 914. The Morgan fingerprint density at radius 2 is 1.81 bits per heavy atom. The van der Waals surface area contributed by atoms with Crippen LogP contribution in [0.25, 0.3) is 12.2 Å². The summed E-state index contributed by atoms with van der Waals surface area (Å²) in [5, 5.41) is 0.657. The van der Waals surface area contributed by atoms with Crippen molar-refractivity contribution >= 4 is 35.6 Å². The summed E-state index contributed by atoms with van der Waals surface area (Å²) in [6.07, 6.45) is 5.02. The van der Waals surface area contributed by atoms with Crippen LogP contribution < -0.4 is 9.47 Å². The maximum Gasteiger partial charge on any atom is 0.363 e. The molecule has 0 saturated heterocycles. The van der Waals surface area contributed by atoms with Crippen molar-refractivity contribution < 1.29 is 19.0 Å². The molecule has 0 N–H and O–H groups in total. The molecule has 2 aromatic rings. The molecule has 5 nitrogen and oxygen atoms in total. The van der Waals surface area contributed by atoms with Gasteiger partial charge in [0, 0.05) is 16.7 Å². The molecule has 0 aliphatic carbocycles. The smallest absolute Gasteiger partial charge is 0.363 e. The van der Waals surface area contributed by atoms with Crippen molar-refractivity contribution in [3.05, 3.63) is 70.4 Å². The lowest BCUT2D eigenvalue weighted by Crippen LogP contribution is -2.01. The SMILES string of the molecule is COc1cccc(C=C2N=C(C=Cc3ccc(Cl)cc3)OC2=O)c1OC. The van der Waals surface area contributed by atoms with Gasteiger partial charge in [-0.3, -0.25) is 0 Å². The highest BCUT2D eigenvalue weighted by Gasteiger charge is 2.22. The Labute approximate surface area is 156 Å². The Morgan fingerprint density at radius 1 is 1.04 bits per heavy atom. The number of hydrogen-bond donors (Lipinski definition) is 0. The highest BCUT2D eigenvalue weighted by atomic mass is 35.5. The molecule has 0 saturated carbocycles. The highest BCUT2D eigenvalue weighted by Crippen LogP contribution is 2.32. The number of benzene rings is 2. The number of esters is 1. The molecular formula is C20H16ClNO4. The molecule has 26 heavy (non-hydrogen) atoms. The number of carbonyl (C=O) groups is 1. The first kappa shape index (κ1) is 17.8. The molecule has 1 aliphatic rings. The van der Waals surface area contributed by atoms with E-state index in [0.717, 1.165) is 5.56 Å². The summed E-state index contributed by atoms with van der Waals surface area (Å²) >= 11 is 5.86. The van der Waals surface area contributed by atoms with Crippen LogP contribution in [0.1, 0.15) is 11.1 Å². The summed E-state index contributed by atoms with van der Waals surface area (Å²) in [6.45, 7) is 0. The number of halogens is 1. The molecule has 0 bridgehead atoms. The lowest BCUT2D eigenvalue weighted by Gasteiger charge is -2.09. The Morgan fingerprint density at radius 3 is 2.50 bits per heavy atom. The summed E-state index contributed by atoms with van der Waals surface area (Å²) in [7, 11) is 3.09. The lowest BCUT2D eigenvalue weighted by molar-refractivity contribution is -0.129. The molecule has 0 spiro atoms. The van der Waals surface area contributed by atoms with Gasteiger partial charge in [-0.1, -0.05) is 35.9 Å². The molecule has 1 heterocycles. The largest absolute Gasteiger partial charge is 0.493 e. The number of ether oxygens (including phenoxy) is 3. The molecular weight excluding hydrogens is 354 g/mol. The van der Waals surface area contributed by atoms with Crippen LogP contribution in [-0.2, 0) is 9.53 Å². The van der Waals surface area contributed by atoms with E-state index in [9.17, 15) is 4.79 Å². The zero-order chi connectivity index (χ0) is 18.5. The number of aliphatic imine (C=N–C) groups is 1. The van der Waals surface area contributed by atoms with Gasteiger partial charge in [0.05, 0.1) is 14.2 Å². The van der Waals surface area contributed by atoms with Gasteiger partial charge in [0.2, 0.25) is 5.90 Å². The van der Waals surface area contributed by atoms with Gasteiger partial charge < -0.3 is 14.2 Å². The van der Waals surface area contributed by atoms with Crippen LogP contribution in [0.15, 0.2) is 59.2 Å². The van der Waals surface area contributed by atoms with Crippen LogP contribution in [-0.4, -0.2) is 26.1 Å². The fourth-order valence-corrected chi connectivity index (χ4v) is 2.54. The summed E-state index contributed by atoms with van der Waals surface area (Å²) < 4.78 is 15.8. The van der Waals surface area contributed by atoms with Crippen LogP contribution in [0.2, 0.25) is 5.02 Å². The quantitative estimate of drug-likeness (QED) is 0.580. The first-order valence-electron chi connectivity index (χ1n) is 7.78. The van der Waals surface area contributed by atoms with Crippen LogP contribution in [0, 0.1) is 0 Å². The molecule has 6 heteroatoms. The number of nitrogens with zero attached hydrogens (tertiary/aromatic N) is 1. The Balaban J connectivity index is 1.86. The highest BCUT2D eigenvalue weighted by molar-refractivity contribution is 6.30. The standard InChI is InChI=1S/C20H16ClNO4/c1-24-17-5-3-4-14(19(17)25-2)12-16-20(23)26-18(22-16)11-8-13-6-9-15(21)10-7-13/h3-12H,1-2H3. The maximum atomic E-state index is 12.1. The second kappa shape index (κ2) is 7.89. The third-order valence-electron chi connectivity index (χ3n) is 3.65. The van der Waals surface area contributed by atoms with E-state index in [1.165, 1.54) is 7.11 Å². The third-order valence-corrected chi connectivity index (χ3v) is 3.90. The maximum absolute atomic E-state index is 12.1. The van der Waals surface area contributed by atoms with Crippen molar-refractivity contribution in [2.24, 2.45) is 4.99 Å². The number of rotatable bonds is 5. The van der Waals surface area contributed by atoms with Gasteiger partial charge in [-0.05, 0) is 35.9 Å². The van der Waals surface area contributed by atoms with Crippen molar-refractivity contribution in [1.29, 1.82) is 0 Å². The lowest BCUT2D eigenvalue weighted by atomic mass is 10.1. The van der Waals surface area contributed by atoms with E-state index in [0.29, 0.717) is 22.1 Å². The third kappa shape index (κ3) is 3.95. The van der Waals surface area contributed by atoms with Crippen molar-refractivity contribution in [2.45, 2.75) is 0 Å². The average Bonchev–Trinajstić information content (AvgIpc) is 3.00. The number of para-hydroxylation sites is 1. The van der Waals surface area contributed by atoms with Crippen molar-refractivity contribution in [2.75, 3.05) is 14.2 Å². The van der Waals surface area contributed by atoms with Gasteiger partial charge in [-0.2, -0.15) is 0 Å². The Hall–Kier alpha value is -3.05. The number of hydrogen-bond acceptors (Lipinski definition) is 5. The monoisotopic (exact) mass is 369 g/mol. The predicted molar refractivity (Wildman–Crippen MR) is 102 cm³/mol. The zero-order valence-electron chi connectivity index (χ0n) is 14.2. The summed E-state index contributed by atoms with van der Waals surface area (Å²) in [5.41, 5.74) is 1.78. The zero-order valence-corrected chi connectivity index (χ0v) is 15.0. The van der Waals surface area contributed by atoms with Crippen molar-refractivity contribution in [1.82, 2.24) is 0 Å². The van der Waals surface area contributed by atoms with E-state index in [1.807, 2.05) is 12.1 Å². The van der Waals surface area contributed by atoms with E-state index in [1.54, 1.807) is 55.7 Å². The molecule has 0 aromatic heterocycles. The molecule has 132 valence electrons. The number of methoxy groups -OCH3 is 2. The normalized spacial score (nSPS) is 15.3. The van der Waals surface area contributed by atoms with Gasteiger partial charge in [0.1, 0.15) is 0 Å². The molecule has 0 unspecified atom stereocenters. The minimum absolute atomic E-state index is 0.187. The number of carbonyl (C=O) groups excluding carboxylic acids is 1. The van der Waals surface area contributed by atoms with Gasteiger partial charge in [-0.25, -0.2) is 9.79 Å². The van der Waals surface area contributed by atoms with E-state index >= 15 is 0 Å². The van der Waals surface area contributed by atoms with E-state index < -0.39 is 5.97 Å². The molecule has 1 aliphatic heterocycles. The van der Waals surface area contributed by atoms with Crippen molar-refractivity contribution in [3.8, 4) is 11.5 Å². The van der Waals surface area contributed by atoms with Gasteiger partial charge in [-0.15, -0.1) is 0 Å². The predicted octanol–water partition coefficient (Wildman–Crippen LogP) is 4.37. The fraction of sp³-hybridized carbons (Fsp3) is 0.100. The molecule has 0 amide bonds. The van der Waals surface area contributed by atoms with E-state index in [2.05, 4.69) is 4.99 Å². The molecule has 0 radical (unpaired) electrons. The molecule has 0 atom stereocenters. The van der Waals surface area contributed by atoms with Gasteiger partial charge in [0.25, 0.3) is 0 Å². The molecule has 0 fully saturated rings. The van der Waals surface area contributed by atoms with Crippen LogP contribution in [0.3, 0.4) is 0 Å². The van der Waals surface area contributed by atoms with E-state index in [-0.39, 0.29) is 11.6 Å². The molecule has 3 rings (SSSR count). The molecule has 2 aromatic carbocycles. The summed E-state index contributed by atoms with van der Waals surface area (Å²) in [5.74, 6) is 0.791. The first-order valence-corrected chi connectivity index (χ1v) is 8.15. The Kier molecular flexibility index (Phi) is 5.39. The van der Waals surface area contributed by atoms with Gasteiger partial charge in [0.15, 0.2) is 17.2 Å². The number of cyclic esters (lactones) is 1. The summed E-state index contributed by atoms with van der Waals surface area (Å²) in [4.78, 5) is 16.3. The van der Waals surface area contributed by atoms with E-state index in [4.69, 9.17) is 25.8 Å².